The van der Waals surface area contributed by atoms with Gasteiger partial charge in [0.1, 0.15) is 10.7 Å². The molecule has 8 nitrogen and oxygen atoms in total. The van der Waals surface area contributed by atoms with Crippen molar-refractivity contribution in [2.75, 3.05) is 11.5 Å². The lowest BCUT2D eigenvalue weighted by molar-refractivity contribution is -0.151. The van der Waals surface area contributed by atoms with Gasteiger partial charge in [-0.1, -0.05) is 23.1 Å². The van der Waals surface area contributed by atoms with Crippen LogP contribution in [0, 0.1) is 12.8 Å². The molecule has 11 heteroatoms. The van der Waals surface area contributed by atoms with E-state index in [9.17, 15) is 18.0 Å². The number of sulfone groups is 1. The third-order valence-electron chi connectivity index (χ3n) is 3.40. The fraction of sp³-hybridized carbons (Fsp3) is 0.455. The van der Waals surface area contributed by atoms with Gasteiger partial charge in [-0.15, -0.1) is 10.2 Å². The van der Waals surface area contributed by atoms with E-state index in [0.29, 0.717) is 4.34 Å². The molecule has 3 rings (SSSR count). The van der Waals surface area contributed by atoms with Gasteiger partial charge in [0.25, 0.3) is 0 Å². The molecule has 0 radical (unpaired) electrons. The number of fused-ring (bicyclic) bond motifs is 1. The number of carbonyl (C=O) groups excluding carboxylic acids is 1. The van der Waals surface area contributed by atoms with Crippen LogP contribution in [0.5, 0.6) is 0 Å². The summed E-state index contributed by atoms with van der Waals surface area (Å²) in [6.45, 7) is 1.80. The van der Waals surface area contributed by atoms with Crippen molar-refractivity contribution in [2.24, 2.45) is 5.92 Å². The maximum atomic E-state index is 12.1. The average Bonchev–Trinajstić information content (AvgIpc) is 2.84. The van der Waals surface area contributed by atoms with Gasteiger partial charge in [0.15, 0.2) is 19.6 Å². The molecule has 2 atom stereocenters. The minimum Gasteiger partial charge on any atom is -0.477 e. The van der Waals surface area contributed by atoms with Gasteiger partial charge >= 0.3 is 5.97 Å². The summed E-state index contributed by atoms with van der Waals surface area (Å²) in [6.07, 6.45) is 1.07. The Hall–Kier alpha value is -1.46. The molecule has 118 valence electrons. The molecule has 22 heavy (non-hydrogen) atoms. The van der Waals surface area contributed by atoms with Gasteiger partial charge in [0.05, 0.1) is 11.7 Å². The Morgan fingerprint density at radius 2 is 2.27 bits per heavy atom. The van der Waals surface area contributed by atoms with Crippen molar-refractivity contribution in [3.8, 4) is 0 Å². The molecule has 2 aliphatic rings. The van der Waals surface area contributed by atoms with E-state index in [1.807, 2.05) is 0 Å². The Kier molecular flexibility index (Phi) is 3.73. The predicted molar refractivity (Wildman–Crippen MR) is 79.0 cm³/mol. The van der Waals surface area contributed by atoms with E-state index in [4.69, 9.17) is 5.11 Å². The van der Waals surface area contributed by atoms with Crippen LogP contribution >= 0.6 is 23.1 Å². The summed E-state index contributed by atoms with van der Waals surface area (Å²) < 4.78 is 24.9. The first-order chi connectivity index (χ1) is 10.3. The normalized spacial score (nSPS) is 26.1. The summed E-state index contributed by atoms with van der Waals surface area (Å²) in [5, 5.41) is 16.5. The predicted octanol–water partition coefficient (Wildman–Crippen LogP) is 0.120. The summed E-state index contributed by atoms with van der Waals surface area (Å²) in [6, 6.07) is 0. The maximum Gasteiger partial charge on any atom is 0.352 e. The van der Waals surface area contributed by atoms with Gasteiger partial charge in [-0.2, -0.15) is 0 Å². The van der Waals surface area contributed by atoms with Crippen LogP contribution in [-0.2, 0) is 19.4 Å². The number of hydrogen-bond acceptors (Lipinski definition) is 8. The summed E-state index contributed by atoms with van der Waals surface area (Å²) in [7, 11) is -3.55. The molecule has 1 saturated heterocycles. The number of carbonyl (C=O) groups is 2. The second kappa shape index (κ2) is 5.32. The van der Waals surface area contributed by atoms with Gasteiger partial charge in [0.2, 0.25) is 5.91 Å². The first kappa shape index (κ1) is 15.4. The first-order valence-electron chi connectivity index (χ1n) is 6.22. The molecule has 1 aromatic rings. The lowest BCUT2D eigenvalue weighted by atomic mass is 9.99. The highest BCUT2D eigenvalue weighted by molar-refractivity contribution is 8.01. The van der Waals surface area contributed by atoms with E-state index in [2.05, 4.69) is 10.2 Å². The van der Waals surface area contributed by atoms with E-state index < -0.39 is 33.0 Å². The second-order valence-electron chi connectivity index (χ2n) is 4.83. The van der Waals surface area contributed by atoms with E-state index in [0.717, 1.165) is 16.0 Å². The number of β-lactam (4-membered cyclic amide) rings is 1. The van der Waals surface area contributed by atoms with Crippen molar-refractivity contribution in [3.63, 3.8) is 0 Å². The maximum absolute atomic E-state index is 12.1. The molecule has 0 bridgehead atoms. The Morgan fingerprint density at radius 1 is 1.55 bits per heavy atom. The van der Waals surface area contributed by atoms with Crippen molar-refractivity contribution in [3.05, 3.63) is 16.8 Å². The molecule has 0 spiro atoms. The SMILES string of the molecule is Cc1nnc(SCC2C(=O)N3C(C(=O)O)=CCS(=O)(=O)[C@@H]23)s1. The lowest BCUT2D eigenvalue weighted by Crippen LogP contribution is -2.66. The molecule has 0 aromatic carbocycles. The van der Waals surface area contributed by atoms with Gasteiger partial charge in [-0.3, -0.25) is 9.69 Å². The molecule has 1 fully saturated rings. The van der Waals surface area contributed by atoms with Crippen LogP contribution in [0.2, 0.25) is 0 Å². The molecular formula is C11H11N3O5S3. The molecule has 1 aromatic heterocycles. The fourth-order valence-corrected chi connectivity index (χ4v) is 6.35. The van der Waals surface area contributed by atoms with Crippen LogP contribution in [0.3, 0.4) is 0 Å². The van der Waals surface area contributed by atoms with Crippen LogP contribution < -0.4 is 0 Å². The molecule has 1 N–H and O–H groups in total. The quantitative estimate of drug-likeness (QED) is 0.593. The summed E-state index contributed by atoms with van der Waals surface area (Å²) in [4.78, 5) is 24.1. The monoisotopic (exact) mass is 361 g/mol. The number of hydrogen-bond donors (Lipinski definition) is 1. The highest BCUT2D eigenvalue weighted by atomic mass is 32.2. The lowest BCUT2D eigenvalue weighted by Gasteiger charge is -2.47. The first-order valence-corrected chi connectivity index (χ1v) is 9.74. The molecule has 0 saturated carbocycles. The highest BCUT2D eigenvalue weighted by Crippen LogP contribution is 2.40. The van der Waals surface area contributed by atoms with E-state index in [1.165, 1.54) is 23.1 Å². The number of aliphatic carboxylic acids is 1. The minimum atomic E-state index is -3.55. The fourth-order valence-electron chi connectivity index (χ4n) is 2.42. The number of thioether (sulfide) groups is 1. The van der Waals surface area contributed by atoms with Crippen LogP contribution in [0.4, 0.5) is 0 Å². The van der Waals surface area contributed by atoms with Gasteiger partial charge < -0.3 is 5.11 Å². The van der Waals surface area contributed by atoms with Crippen LogP contribution in [-0.4, -0.2) is 57.4 Å². The summed E-state index contributed by atoms with van der Waals surface area (Å²) in [5.41, 5.74) is -0.252. The average molecular weight is 361 g/mol. The van der Waals surface area contributed by atoms with Crippen molar-refractivity contribution in [1.29, 1.82) is 0 Å². The zero-order chi connectivity index (χ0) is 16.1. The van der Waals surface area contributed by atoms with Crippen molar-refractivity contribution in [2.45, 2.75) is 16.6 Å². The number of nitrogens with zero attached hydrogens (tertiary/aromatic N) is 3. The molecular weight excluding hydrogens is 350 g/mol. The number of carboxylic acids is 1. The Bertz CT molecular complexity index is 785. The van der Waals surface area contributed by atoms with Crippen molar-refractivity contribution >= 4 is 44.8 Å². The third-order valence-corrected chi connectivity index (χ3v) is 7.40. The largest absolute Gasteiger partial charge is 0.477 e. The second-order valence-corrected chi connectivity index (χ2v) is 9.42. The molecule has 3 heterocycles. The zero-order valence-electron chi connectivity index (χ0n) is 11.3. The van der Waals surface area contributed by atoms with Crippen LogP contribution in [0.15, 0.2) is 16.1 Å². The number of aryl methyl sites for hydroxylation is 1. The van der Waals surface area contributed by atoms with Gasteiger partial charge in [-0.25, -0.2) is 13.2 Å². The number of rotatable bonds is 4. The molecule has 2 aliphatic heterocycles. The zero-order valence-corrected chi connectivity index (χ0v) is 13.7. The van der Waals surface area contributed by atoms with Crippen LogP contribution in [0.25, 0.3) is 0 Å². The van der Waals surface area contributed by atoms with E-state index in [1.54, 1.807) is 6.92 Å². The highest BCUT2D eigenvalue weighted by Gasteiger charge is 2.58. The van der Waals surface area contributed by atoms with Gasteiger partial charge in [-0.05, 0) is 13.0 Å². The van der Waals surface area contributed by atoms with Gasteiger partial charge in [0, 0.05) is 5.75 Å². The topological polar surface area (TPSA) is 118 Å². The number of amides is 1. The molecule has 1 amide bonds. The molecule has 0 aliphatic carbocycles. The molecule has 1 unspecified atom stereocenters. The summed E-state index contributed by atoms with van der Waals surface area (Å²) >= 11 is 2.62. The Morgan fingerprint density at radius 3 is 2.86 bits per heavy atom. The number of carboxylic acid groups (broad SMARTS) is 1. The van der Waals surface area contributed by atoms with Crippen molar-refractivity contribution in [1.82, 2.24) is 15.1 Å². The minimum absolute atomic E-state index is 0.237. The standard InChI is InChI=1S/C11H11N3O5S3/c1-5-12-13-11(21-5)20-4-6-8(15)14-7(10(16)17)2-3-22(18,19)9(6)14/h2,6,9H,3-4H2,1H3,(H,16,17)/t6?,9-/m0/s1. The van der Waals surface area contributed by atoms with E-state index in [-0.39, 0.29) is 17.2 Å². The van der Waals surface area contributed by atoms with E-state index >= 15 is 0 Å². The van der Waals surface area contributed by atoms with Crippen LogP contribution in [0.1, 0.15) is 5.01 Å². The third kappa shape index (κ3) is 2.42. The Balaban J connectivity index is 1.79. The Labute approximate surface area is 134 Å². The van der Waals surface area contributed by atoms with Crippen molar-refractivity contribution < 1.29 is 23.1 Å². The number of aromatic nitrogens is 2. The smallest absolute Gasteiger partial charge is 0.352 e. The summed E-state index contributed by atoms with van der Waals surface area (Å²) in [5.74, 6) is -2.64.